The van der Waals surface area contributed by atoms with Crippen LogP contribution in [0.4, 0.5) is 4.39 Å². The number of benzene rings is 2. The molecule has 1 N–H and O–H groups in total. The largest absolute Gasteiger partial charge is 0.350 e. The Morgan fingerprint density at radius 2 is 1.61 bits per heavy atom. The molecule has 5 heteroatoms. The average molecular weight is 384 g/mol. The van der Waals surface area contributed by atoms with E-state index in [4.69, 9.17) is 0 Å². The number of rotatable bonds is 7. The van der Waals surface area contributed by atoms with Crippen LogP contribution in [0.15, 0.2) is 54.6 Å². The van der Waals surface area contributed by atoms with Crippen molar-refractivity contribution in [1.82, 2.24) is 10.2 Å². The number of nitrogens with one attached hydrogen (secondary N) is 1. The molecular weight excluding hydrogens is 355 g/mol. The summed E-state index contributed by atoms with van der Waals surface area (Å²) in [4.78, 5) is 27.2. The van der Waals surface area contributed by atoms with Crippen LogP contribution in [0.2, 0.25) is 0 Å². The van der Waals surface area contributed by atoms with Gasteiger partial charge in [0.1, 0.15) is 11.9 Å². The molecule has 2 aromatic rings. The van der Waals surface area contributed by atoms with E-state index in [0.717, 1.165) is 11.1 Å². The Kier molecular flexibility index (Phi) is 7.32. The van der Waals surface area contributed by atoms with Crippen molar-refractivity contribution in [3.8, 4) is 0 Å². The maximum Gasteiger partial charge on any atom is 0.242 e. The highest BCUT2D eigenvalue weighted by Crippen LogP contribution is 2.14. The second-order valence-electron chi connectivity index (χ2n) is 8.05. The third-order valence-corrected chi connectivity index (χ3v) is 4.40. The van der Waals surface area contributed by atoms with Crippen molar-refractivity contribution in [2.45, 2.75) is 58.7 Å². The molecule has 0 saturated carbocycles. The summed E-state index contributed by atoms with van der Waals surface area (Å²) in [5.41, 5.74) is 1.47. The SMILES string of the molecule is CC(C(=O)NC(C)(C)C)N(Cc1ccc(F)cc1)C(=O)CCc1ccccc1. The lowest BCUT2D eigenvalue weighted by molar-refractivity contribution is -0.141. The summed E-state index contributed by atoms with van der Waals surface area (Å²) < 4.78 is 13.2. The van der Waals surface area contributed by atoms with Gasteiger partial charge < -0.3 is 10.2 Å². The molecule has 0 spiro atoms. The summed E-state index contributed by atoms with van der Waals surface area (Å²) in [5.74, 6) is -0.642. The number of nitrogens with zero attached hydrogens (tertiary/aromatic N) is 1. The first-order chi connectivity index (χ1) is 13.2. The van der Waals surface area contributed by atoms with Crippen molar-refractivity contribution in [3.63, 3.8) is 0 Å². The lowest BCUT2D eigenvalue weighted by Crippen LogP contribution is -2.52. The predicted octanol–water partition coefficient (Wildman–Crippen LogP) is 4.09. The Morgan fingerprint density at radius 1 is 1.00 bits per heavy atom. The number of carbonyl (C=O) groups excluding carboxylic acids is 2. The van der Waals surface area contributed by atoms with Gasteiger partial charge in [-0.05, 0) is 57.4 Å². The molecule has 0 saturated heterocycles. The molecule has 2 aromatic carbocycles. The maximum absolute atomic E-state index is 13.2. The van der Waals surface area contributed by atoms with E-state index in [2.05, 4.69) is 5.32 Å². The molecule has 0 radical (unpaired) electrons. The molecule has 0 bridgehead atoms. The highest BCUT2D eigenvalue weighted by atomic mass is 19.1. The predicted molar refractivity (Wildman–Crippen MR) is 109 cm³/mol. The third kappa shape index (κ3) is 6.80. The molecule has 0 aliphatic heterocycles. The molecule has 0 fully saturated rings. The molecule has 4 nitrogen and oxygen atoms in total. The first-order valence-corrected chi connectivity index (χ1v) is 9.55. The number of halogens is 1. The van der Waals surface area contributed by atoms with Gasteiger partial charge in [-0.2, -0.15) is 0 Å². The molecule has 0 heterocycles. The average Bonchev–Trinajstić information content (AvgIpc) is 2.64. The van der Waals surface area contributed by atoms with Gasteiger partial charge in [0, 0.05) is 18.5 Å². The Morgan fingerprint density at radius 3 is 2.18 bits per heavy atom. The lowest BCUT2D eigenvalue weighted by Gasteiger charge is -2.31. The molecule has 1 atom stereocenters. The molecule has 0 aliphatic rings. The van der Waals surface area contributed by atoms with Gasteiger partial charge in [0.2, 0.25) is 11.8 Å². The number of hydrogen-bond donors (Lipinski definition) is 1. The summed E-state index contributed by atoms with van der Waals surface area (Å²) in [5, 5.41) is 2.93. The van der Waals surface area contributed by atoms with Gasteiger partial charge in [0.05, 0.1) is 0 Å². The van der Waals surface area contributed by atoms with Crippen LogP contribution in [0, 0.1) is 5.82 Å². The Hall–Kier alpha value is -2.69. The van der Waals surface area contributed by atoms with Gasteiger partial charge >= 0.3 is 0 Å². The van der Waals surface area contributed by atoms with E-state index in [-0.39, 0.29) is 29.7 Å². The number of carbonyl (C=O) groups is 2. The molecule has 1 unspecified atom stereocenters. The monoisotopic (exact) mass is 384 g/mol. The quantitative estimate of drug-likeness (QED) is 0.782. The number of hydrogen-bond acceptors (Lipinski definition) is 2. The fourth-order valence-electron chi connectivity index (χ4n) is 2.88. The normalized spacial score (nSPS) is 12.3. The van der Waals surface area contributed by atoms with Crippen molar-refractivity contribution < 1.29 is 14.0 Å². The van der Waals surface area contributed by atoms with Crippen molar-refractivity contribution >= 4 is 11.8 Å². The molecule has 2 amide bonds. The smallest absolute Gasteiger partial charge is 0.242 e. The first kappa shape index (κ1) is 21.6. The Labute approximate surface area is 166 Å². The summed E-state index contributed by atoms with van der Waals surface area (Å²) in [7, 11) is 0. The summed E-state index contributed by atoms with van der Waals surface area (Å²) in [6.45, 7) is 7.69. The van der Waals surface area contributed by atoms with E-state index in [1.807, 2.05) is 51.1 Å². The minimum atomic E-state index is -0.632. The number of amides is 2. The van der Waals surface area contributed by atoms with Crippen LogP contribution in [0.3, 0.4) is 0 Å². The molecule has 28 heavy (non-hydrogen) atoms. The van der Waals surface area contributed by atoms with Gasteiger partial charge in [-0.25, -0.2) is 4.39 Å². The minimum Gasteiger partial charge on any atom is -0.350 e. The highest BCUT2D eigenvalue weighted by Gasteiger charge is 2.28. The molecular formula is C23H29FN2O2. The van der Waals surface area contributed by atoms with E-state index in [9.17, 15) is 14.0 Å². The van der Waals surface area contributed by atoms with Crippen LogP contribution >= 0.6 is 0 Å². The van der Waals surface area contributed by atoms with E-state index in [1.165, 1.54) is 12.1 Å². The Balaban J connectivity index is 2.15. The van der Waals surface area contributed by atoms with E-state index < -0.39 is 6.04 Å². The van der Waals surface area contributed by atoms with Gasteiger partial charge in [0.15, 0.2) is 0 Å². The highest BCUT2D eigenvalue weighted by molar-refractivity contribution is 5.87. The van der Waals surface area contributed by atoms with Crippen molar-refractivity contribution in [3.05, 3.63) is 71.5 Å². The minimum absolute atomic E-state index is 0.107. The molecule has 2 rings (SSSR count). The first-order valence-electron chi connectivity index (χ1n) is 9.55. The fourth-order valence-corrected chi connectivity index (χ4v) is 2.88. The van der Waals surface area contributed by atoms with Crippen LogP contribution in [-0.4, -0.2) is 28.3 Å². The van der Waals surface area contributed by atoms with Crippen LogP contribution in [0.5, 0.6) is 0 Å². The molecule has 150 valence electrons. The zero-order chi connectivity index (χ0) is 20.7. The maximum atomic E-state index is 13.2. The van der Waals surface area contributed by atoms with E-state index in [1.54, 1.807) is 24.0 Å². The van der Waals surface area contributed by atoms with Crippen LogP contribution in [0.25, 0.3) is 0 Å². The summed E-state index contributed by atoms with van der Waals surface area (Å²) in [6, 6.07) is 15.1. The van der Waals surface area contributed by atoms with Crippen LogP contribution in [0.1, 0.15) is 45.2 Å². The summed E-state index contributed by atoms with van der Waals surface area (Å²) >= 11 is 0. The second kappa shape index (κ2) is 9.49. The van der Waals surface area contributed by atoms with Crippen LogP contribution < -0.4 is 5.32 Å². The van der Waals surface area contributed by atoms with Gasteiger partial charge in [0.25, 0.3) is 0 Å². The van der Waals surface area contributed by atoms with Crippen LogP contribution in [-0.2, 0) is 22.6 Å². The van der Waals surface area contributed by atoms with Gasteiger partial charge in [-0.3, -0.25) is 9.59 Å². The fraction of sp³-hybridized carbons (Fsp3) is 0.391. The van der Waals surface area contributed by atoms with E-state index >= 15 is 0 Å². The zero-order valence-corrected chi connectivity index (χ0v) is 17.0. The Bertz CT molecular complexity index is 782. The number of aryl methyl sites for hydroxylation is 1. The van der Waals surface area contributed by atoms with Gasteiger partial charge in [-0.15, -0.1) is 0 Å². The van der Waals surface area contributed by atoms with Crippen molar-refractivity contribution in [2.24, 2.45) is 0 Å². The molecule has 0 aromatic heterocycles. The third-order valence-electron chi connectivity index (χ3n) is 4.40. The topological polar surface area (TPSA) is 49.4 Å². The zero-order valence-electron chi connectivity index (χ0n) is 17.0. The molecule has 0 aliphatic carbocycles. The van der Waals surface area contributed by atoms with Crippen molar-refractivity contribution in [2.75, 3.05) is 0 Å². The summed E-state index contributed by atoms with van der Waals surface area (Å²) in [6.07, 6.45) is 0.908. The van der Waals surface area contributed by atoms with Crippen molar-refractivity contribution in [1.29, 1.82) is 0 Å². The standard InChI is InChI=1S/C23H29FN2O2/c1-17(22(28)25-23(2,3)4)26(16-19-10-13-20(24)14-11-19)21(27)15-12-18-8-6-5-7-9-18/h5-11,13-14,17H,12,15-16H2,1-4H3,(H,25,28). The second-order valence-corrected chi connectivity index (χ2v) is 8.05. The lowest BCUT2D eigenvalue weighted by atomic mass is 10.1. The van der Waals surface area contributed by atoms with Gasteiger partial charge in [-0.1, -0.05) is 42.5 Å². The van der Waals surface area contributed by atoms with E-state index in [0.29, 0.717) is 12.8 Å².